The topological polar surface area (TPSA) is 135 Å². The molecule has 0 saturated carbocycles. The van der Waals surface area contributed by atoms with Crippen LogP contribution in [0.25, 0.3) is 0 Å². The number of carbonyl (C=O) groups excluding carboxylic acids is 3. The monoisotopic (exact) mass is 607 g/mol. The number of urea groups is 1. The predicted octanol–water partition coefficient (Wildman–Crippen LogP) is 5.41. The van der Waals surface area contributed by atoms with Crippen molar-refractivity contribution in [3.63, 3.8) is 0 Å². The molecule has 3 aromatic rings. The number of hydrogen-bond donors (Lipinski definition) is 4. The standard InChI is InChI=1S/C32H37N3O7S/c1-4-40-29(38)17-33-32(39)35-26-11-9-24(10-12-26)31-41-28(19-43-27-15-13-25(14-16-27)34-21(3)37)20(2)30(42-31)23-7-5-22(18-36)6-8-23/h5-16,20,28,30-31,36H,4,17-19H2,1-3H3,(H,34,37)(H2,33,35,39)/t20-,28+,30+,31+/m0/s1. The molecule has 1 aliphatic heterocycles. The van der Waals surface area contributed by atoms with E-state index in [1.807, 2.05) is 60.7 Å². The van der Waals surface area contributed by atoms with Crippen molar-refractivity contribution in [1.29, 1.82) is 0 Å². The van der Waals surface area contributed by atoms with Gasteiger partial charge in [0, 0.05) is 40.4 Å². The number of carbonyl (C=O) groups is 3. The summed E-state index contributed by atoms with van der Waals surface area (Å²) in [6.07, 6.45) is -1.07. The van der Waals surface area contributed by atoms with Crippen molar-refractivity contribution >= 4 is 41.0 Å². The van der Waals surface area contributed by atoms with E-state index in [1.165, 1.54) is 6.92 Å². The summed E-state index contributed by atoms with van der Waals surface area (Å²) in [7, 11) is 0. The third-order valence-corrected chi connectivity index (χ3v) is 7.95. The molecule has 0 aliphatic carbocycles. The maximum Gasteiger partial charge on any atom is 0.325 e. The van der Waals surface area contributed by atoms with E-state index in [9.17, 15) is 19.5 Å². The number of anilines is 2. The first-order valence-electron chi connectivity index (χ1n) is 14.1. The van der Waals surface area contributed by atoms with E-state index in [-0.39, 0.29) is 43.8 Å². The summed E-state index contributed by atoms with van der Waals surface area (Å²) in [5.74, 6) is 0.0666. The van der Waals surface area contributed by atoms with Gasteiger partial charge in [-0.2, -0.15) is 0 Å². The average molecular weight is 608 g/mol. The number of thioether (sulfide) groups is 1. The van der Waals surface area contributed by atoms with Crippen LogP contribution < -0.4 is 16.0 Å². The molecule has 11 heteroatoms. The summed E-state index contributed by atoms with van der Waals surface area (Å²) < 4.78 is 17.8. The summed E-state index contributed by atoms with van der Waals surface area (Å²) in [5.41, 5.74) is 3.89. The number of amides is 3. The average Bonchev–Trinajstić information content (AvgIpc) is 3.00. The first-order chi connectivity index (χ1) is 20.7. The summed E-state index contributed by atoms with van der Waals surface area (Å²) in [6, 6.07) is 22.1. The largest absolute Gasteiger partial charge is 0.465 e. The highest BCUT2D eigenvalue weighted by Gasteiger charge is 2.38. The summed E-state index contributed by atoms with van der Waals surface area (Å²) in [5, 5.41) is 17.4. The molecule has 4 N–H and O–H groups in total. The van der Waals surface area contributed by atoms with Crippen molar-refractivity contribution in [3.8, 4) is 0 Å². The van der Waals surface area contributed by atoms with Crippen LogP contribution in [0.1, 0.15) is 49.9 Å². The second-order valence-corrected chi connectivity index (χ2v) is 11.2. The fourth-order valence-electron chi connectivity index (χ4n) is 4.59. The summed E-state index contributed by atoms with van der Waals surface area (Å²) in [4.78, 5) is 36.0. The Morgan fingerprint density at radius 2 is 1.51 bits per heavy atom. The van der Waals surface area contributed by atoms with Crippen molar-refractivity contribution in [2.24, 2.45) is 5.92 Å². The molecule has 1 saturated heterocycles. The van der Waals surface area contributed by atoms with Crippen LogP contribution in [0.15, 0.2) is 77.7 Å². The van der Waals surface area contributed by atoms with Gasteiger partial charge in [-0.3, -0.25) is 9.59 Å². The molecule has 0 aromatic heterocycles. The lowest BCUT2D eigenvalue weighted by Crippen LogP contribution is -2.38. The second kappa shape index (κ2) is 15.5. The highest BCUT2D eigenvalue weighted by molar-refractivity contribution is 7.99. The van der Waals surface area contributed by atoms with Gasteiger partial charge in [0.25, 0.3) is 0 Å². The van der Waals surface area contributed by atoms with Crippen LogP contribution >= 0.6 is 11.8 Å². The molecule has 1 heterocycles. The van der Waals surface area contributed by atoms with Crippen LogP contribution in [-0.4, -0.2) is 48.0 Å². The van der Waals surface area contributed by atoms with Crippen LogP contribution in [0.2, 0.25) is 0 Å². The van der Waals surface area contributed by atoms with Gasteiger partial charge in [0.15, 0.2) is 6.29 Å². The normalized spacial score (nSPS) is 19.7. The zero-order valence-corrected chi connectivity index (χ0v) is 25.2. The van der Waals surface area contributed by atoms with Crippen molar-refractivity contribution in [2.45, 2.75) is 50.8 Å². The van der Waals surface area contributed by atoms with Gasteiger partial charge >= 0.3 is 12.0 Å². The molecule has 1 aliphatic rings. The minimum atomic E-state index is -0.654. The van der Waals surface area contributed by atoms with Gasteiger partial charge < -0.3 is 35.3 Å². The Kier molecular flexibility index (Phi) is 11.6. The third kappa shape index (κ3) is 9.29. The molecular formula is C32H37N3O7S. The van der Waals surface area contributed by atoms with Gasteiger partial charge in [-0.25, -0.2) is 4.79 Å². The summed E-state index contributed by atoms with van der Waals surface area (Å²) in [6.45, 7) is 5.27. The molecule has 43 heavy (non-hydrogen) atoms. The Hall–Kier alpha value is -3.90. The molecule has 0 radical (unpaired) electrons. The van der Waals surface area contributed by atoms with E-state index < -0.39 is 18.3 Å². The van der Waals surface area contributed by atoms with Gasteiger partial charge in [0.1, 0.15) is 6.54 Å². The third-order valence-electron chi connectivity index (χ3n) is 6.85. The number of ether oxygens (including phenoxy) is 3. The Morgan fingerprint density at radius 1 is 0.884 bits per heavy atom. The zero-order valence-electron chi connectivity index (χ0n) is 24.4. The molecule has 0 unspecified atom stereocenters. The number of aliphatic hydroxyl groups excluding tert-OH is 1. The molecule has 0 spiro atoms. The Balaban J connectivity index is 1.46. The molecule has 3 amide bonds. The van der Waals surface area contributed by atoms with E-state index in [1.54, 1.807) is 30.8 Å². The first-order valence-corrected chi connectivity index (χ1v) is 15.1. The molecule has 0 bridgehead atoms. The fourth-order valence-corrected chi connectivity index (χ4v) is 5.66. The van der Waals surface area contributed by atoms with Crippen molar-refractivity contribution < 1.29 is 33.7 Å². The van der Waals surface area contributed by atoms with Crippen LogP contribution in [-0.2, 0) is 30.4 Å². The molecule has 10 nitrogen and oxygen atoms in total. The Labute approximate surface area is 255 Å². The zero-order chi connectivity index (χ0) is 30.8. The van der Waals surface area contributed by atoms with Crippen molar-refractivity contribution in [2.75, 3.05) is 29.5 Å². The Bertz CT molecular complexity index is 1370. The molecule has 4 rings (SSSR count). The highest BCUT2D eigenvalue weighted by Crippen LogP contribution is 2.43. The Morgan fingerprint density at radius 3 is 2.14 bits per heavy atom. The highest BCUT2D eigenvalue weighted by atomic mass is 32.2. The van der Waals surface area contributed by atoms with Gasteiger partial charge in [-0.15, -0.1) is 11.8 Å². The maximum absolute atomic E-state index is 12.2. The van der Waals surface area contributed by atoms with E-state index in [2.05, 4.69) is 22.9 Å². The van der Waals surface area contributed by atoms with Gasteiger partial charge in [-0.1, -0.05) is 43.3 Å². The SMILES string of the molecule is CCOC(=O)CNC(=O)Nc1ccc([C@@H]2O[C@H](CSc3ccc(NC(C)=O)cc3)[C@H](C)[C@H](c3ccc(CO)cc3)O2)cc1. The second-order valence-electron chi connectivity index (χ2n) is 10.1. The number of aliphatic hydroxyl groups is 1. The van der Waals surface area contributed by atoms with E-state index in [0.717, 1.165) is 27.3 Å². The number of hydrogen-bond acceptors (Lipinski definition) is 8. The van der Waals surface area contributed by atoms with E-state index >= 15 is 0 Å². The van der Waals surface area contributed by atoms with Crippen molar-refractivity contribution in [3.05, 3.63) is 89.5 Å². The number of nitrogens with one attached hydrogen (secondary N) is 3. The lowest BCUT2D eigenvalue weighted by Gasteiger charge is -2.41. The number of benzene rings is 3. The van der Waals surface area contributed by atoms with Crippen LogP contribution in [0, 0.1) is 5.92 Å². The minimum absolute atomic E-state index is 0.0198. The smallest absolute Gasteiger partial charge is 0.325 e. The predicted molar refractivity (Wildman–Crippen MR) is 165 cm³/mol. The number of esters is 1. The fraction of sp³-hybridized carbons (Fsp3) is 0.344. The van der Waals surface area contributed by atoms with E-state index in [0.29, 0.717) is 11.4 Å². The van der Waals surface area contributed by atoms with Crippen LogP contribution in [0.3, 0.4) is 0 Å². The molecule has 228 valence electrons. The first kappa shape index (κ1) is 32.0. The summed E-state index contributed by atoms with van der Waals surface area (Å²) >= 11 is 1.66. The lowest BCUT2D eigenvalue weighted by molar-refractivity contribution is -0.268. The molecule has 3 aromatic carbocycles. The quantitative estimate of drug-likeness (QED) is 0.168. The molecular weight excluding hydrogens is 570 g/mol. The minimum Gasteiger partial charge on any atom is -0.465 e. The van der Waals surface area contributed by atoms with Gasteiger partial charge in [-0.05, 0) is 54.4 Å². The van der Waals surface area contributed by atoms with E-state index in [4.69, 9.17) is 14.2 Å². The number of rotatable bonds is 11. The maximum atomic E-state index is 12.2. The van der Waals surface area contributed by atoms with Crippen molar-refractivity contribution in [1.82, 2.24) is 5.32 Å². The lowest BCUT2D eigenvalue weighted by atomic mass is 9.91. The van der Waals surface area contributed by atoms with Gasteiger partial charge in [0.2, 0.25) is 5.91 Å². The van der Waals surface area contributed by atoms with Crippen LogP contribution in [0.4, 0.5) is 16.2 Å². The van der Waals surface area contributed by atoms with Gasteiger partial charge in [0.05, 0.1) is 25.4 Å². The molecule has 1 fully saturated rings. The van der Waals surface area contributed by atoms with Crippen LogP contribution in [0.5, 0.6) is 0 Å². The molecule has 4 atom stereocenters.